The van der Waals surface area contributed by atoms with Gasteiger partial charge in [0.15, 0.2) is 0 Å². The van der Waals surface area contributed by atoms with Crippen LogP contribution in [0.25, 0.3) is 5.57 Å². The first kappa shape index (κ1) is 16.9. The zero-order valence-corrected chi connectivity index (χ0v) is 14.9. The minimum Gasteiger partial charge on any atom is -0.354 e. The van der Waals surface area contributed by atoms with Gasteiger partial charge in [-0.15, -0.1) is 11.3 Å². The van der Waals surface area contributed by atoms with E-state index in [1.165, 1.54) is 16.0 Å². The van der Waals surface area contributed by atoms with Gasteiger partial charge in [0.1, 0.15) is 0 Å². The molecule has 0 saturated heterocycles. The highest BCUT2D eigenvalue weighted by Crippen LogP contribution is 2.22. The molecule has 2 heterocycles. The first-order chi connectivity index (χ1) is 11.7. The van der Waals surface area contributed by atoms with Crippen molar-refractivity contribution in [1.82, 2.24) is 10.2 Å². The number of hydrogen-bond donors (Lipinski definition) is 1. The zero-order chi connectivity index (χ0) is 16.8. The summed E-state index contributed by atoms with van der Waals surface area (Å²) >= 11 is 1.74. The predicted octanol–water partition coefficient (Wildman–Crippen LogP) is 3.58. The number of rotatable bonds is 6. The molecule has 0 aliphatic carbocycles. The van der Waals surface area contributed by atoms with Crippen LogP contribution in [0, 0.1) is 0 Å². The molecule has 1 N–H and O–H groups in total. The highest BCUT2D eigenvalue weighted by Gasteiger charge is 2.23. The second kappa shape index (κ2) is 8.27. The zero-order valence-electron chi connectivity index (χ0n) is 14.1. The smallest absolute Gasteiger partial charge is 0.237 e. The molecule has 2 aromatic rings. The van der Waals surface area contributed by atoms with Crippen LogP contribution in [0.4, 0.5) is 0 Å². The molecular weight excluding hydrogens is 316 g/mol. The van der Waals surface area contributed by atoms with Crippen molar-refractivity contribution < 1.29 is 4.79 Å². The Morgan fingerprint density at radius 1 is 1.25 bits per heavy atom. The summed E-state index contributed by atoms with van der Waals surface area (Å²) in [7, 11) is 0. The third-order valence-electron chi connectivity index (χ3n) is 4.56. The number of carbonyl (C=O) groups is 1. The van der Waals surface area contributed by atoms with Crippen LogP contribution in [-0.2, 0) is 11.2 Å². The standard InChI is InChI=1S/C20H24N2OS/c1-16(20(23)21-12-9-19-8-5-15-24-19)22-13-10-18(11-14-22)17-6-3-2-4-7-17/h2-8,10,15-16H,9,11-14H2,1H3,(H,21,23)/t16-/m1/s1. The van der Waals surface area contributed by atoms with Crippen molar-refractivity contribution in [3.05, 3.63) is 64.4 Å². The highest BCUT2D eigenvalue weighted by molar-refractivity contribution is 7.09. The van der Waals surface area contributed by atoms with Crippen molar-refractivity contribution in [3.8, 4) is 0 Å². The average Bonchev–Trinajstić information content (AvgIpc) is 3.15. The van der Waals surface area contributed by atoms with Crippen molar-refractivity contribution in [3.63, 3.8) is 0 Å². The number of thiophene rings is 1. The molecule has 1 aliphatic rings. The Balaban J connectivity index is 1.48. The van der Waals surface area contributed by atoms with E-state index < -0.39 is 0 Å². The lowest BCUT2D eigenvalue weighted by Gasteiger charge is -2.31. The Morgan fingerprint density at radius 3 is 2.75 bits per heavy atom. The Labute approximate surface area is 148 Å². The van der Waals surface area contributed by atoms with Gasteiger partial charge in [0, 0.05) is 24.5 Å². The van der Waals surface area contributed by atoms with E-state index in [0.29, 0.717) is 6.54 Å². The molecule has 0 spiro atoms. The molecule has 4 heteroatoms. The molecule has 3 rings (SSSR count). The topological polar surface area (TPSA) is 32.3 Å². The number of benzene rings is 1. The van der Waals surface area contributed by atoms with Crippen molar-refractivity contribution >= 4 is 22.8 Å². The van der Waals surface area contributed by atoms with E-state index >= 15 is 0 Å². The highest BCUT2D eigenvalue weighted by atomic mass is 32.1. The number of amides is 1. The minimum absolute atomic E-state index is 0.0816. The normalized spacial score (nSPS) is 16.5. The fourth-order valence-electron chi connectivity index (χ4n) is 3.03. The van der Waals surface area contributed by atoms with Crippen molar-refractivity contribution in [2.75, 3.05) is 19.6 Å². The molecular formula is C20H24N2OS. The molecule has 1 aliphatic heterocycles. The van der Waals surface area contributed by atoms with E-state index in [4.69, 9.17) is 0 Å². The van der Waals surface area contributed by atoms with E-state index in [1.807, 2.05) is 13.0 Å². The molecule has 1 aromatic heterocycles. The maximum atomic E-state index is 12.4. The van der Waals surface area contributed by atoms with Gasteiger partial charge in [-0.25, -0.2) is 0 Å². The van der Waals surface area contributed by atoms with Gasteiger partial charge in [-0.1, -0.05) is 42.5 Å². The predicted molar refractivity (Wildman–Crippen MR) is 101 cm³/mol. The maximum Gasteiger partial charge on any atom is 0.237 e. The molecule has 0 bridgehead atoms. The van der Waals surface area contributed by atoms with Gasteiger partial charge in [-0.3, -0.25) is 9.69 Å². The second-order valence-corrected chi connectivity index (χ2v) is 7.17. The second-order valence-electron chi connectivity index (χ2n) is 6.14. The first-order valence-electron chi connectivity index (χ1n) is 8.52. The number of nitrogens with zero attached hydrogens (tertiary/aromatic N) is 1. The summed E-state index contributed by atoms with van der Waals surface area (Å²) in [4.78, 5) is 15.9. The van der Waals surface area contributed by atoms with E-state index in [-0.39, 0.29) is 11.9 Å². The third kappa shape index (κ3) is 4.34. The summed E-state index contributed by atoms with van der Waals surface area (Å²) in [6, 6.07) is 14.6. The van der Waals surface area contributed by atoms with Gasteiger partial charge in [-0.05, 0) is 42.3 Å². The Morgan fingerprint density at radius 2 is 2.08 bits per heavy atom. The van der Waals surface area contributed by atoms with Crippen LogP contribution in [0.2, 0.25) is 0 Å². The molecule has 1 atom stereocenters. The Kier molecular flexibility index (Phi) is 5.83. The monoisotopic (exact) mass is 340 g/mol. The molecule has 1 amide bonds. The van der Waals surface area contributed by atoms with Gasteiger partial charge >= 0.3 is 0 Å². The van der Waals surface area contributed by atoms with E-state index in [2.05, 4.69) is 58.1 Å². The fraction of sp³-hybridized carbons (Fsp3) is 0.350. The van der Waals surface area contributed by atoms with Crippen LogP contribution >= 0.6 is 11.3 Å². The lowest BCUT2D eigenvalue weighted by molar-refractivity contribution is -0.125. The Bertz CT molecular complexity index is 679. The van der Waals surface area contributed by atoms with Gasteiger partial charge in [0.2, 0.25) is 5.91 Å². The molecule has 0 unspecified atom stereocenters. The van der Waals surface area contributed by atoms with Gasteiger partial charge in [0.05, 0.1) is 6.04 Å². The fourth-order valence-corrected chi connectivity index (χ4v) is 3.74. The number of nitrogens with one attached hydrogen (secondary N) is 1. The molecule has 126 valence electrons. The maximum absolute atomic E-state index is 12.4. The largest absolute Gasteiger partial charge is 0.354 e. The molecule has 0 radical (unpaired) electrons. The van der Waals surface area contributed by atoms with Gasteiger partial charge in [0.25, 0.3) is 0 Å². The summed E-state index contributed by atoms with van der Waals surface area (Å²) in [6.45, 7) is 4.48. The SMILES string of the molecule is C[C@H](C(=O)NCCc1cccs1)N1CC=C(c2ccccc2)CC1. The van der Waals surface area contributed by atoms with Gasteiger partial charge in [-0.2, -0.15) is 0 Å². The van der Waals surface area contributed by atoms with Crippen LogP contribution in [0.15, 0.2) is 53.9 Å². The van der Waals surface area contributed by atoms with E-state index in [9.17, 15) is 4.79 Å². The van der Waals surface area contributed by atoms with Crippen LogP contribution < -0.4 is 5.32 Å². The lowest BCUT2D eigenvalue weighted by Crippen LogP contribution is -2.47. The Hall–Kier alpha value is -1.91. The van der Waals surface area contributed by atoms with Gasteiger partial charge < -0.3 is 5.32 Å². The lowest BCUT2D eigenvalue weighted by atomic mass is 9.99. The average molecular weight is 340 g/mol. The minimum atomic E-state index is -0.0816. The quantitative estimate of drug-likeness (QED) is 0.872. The molecule has 1 aromatic carbocycles. The molecule has 24 heavy (non-hydrogen) atoms. The van der Waals surface area contributed by atoms with Crippen molar-refractivity contribution in [2.24, 2.45) is 0 Å². The third-order valence-corrected chi connectivity index (χ3v) is 5.50. The van der Waals surface area contributed by atoms with Crippen LogP contribution in [0.3, 0.4) is 0 Å². The van der Waals surface area contributed by atoms with Crippen molar-refractivity contribution in [1.29, 1.82) is 0 Å². The van der Waals surface area contributed by atoms with Crippen LogP contribution in [-0.4, -0.2) is 36.5 Å². The summed E-state index contributed by atoms with van der Waals surface area (Å²) in [5, 5.41) is 5.14. The van der Waals surface area contributed by atoms with E-state index in [1.54, 1.807) is 11.3 Å². The molecule has 3 nitrogen and oxygen atoms in total. The summed E-state index contributed by atoms with van der Waals surface area (Å²) < 4.78 is 0. The van der Waals surface area contributed by atoms with Crippen molar-refractivity contribution in [2.45, 2.75) is 25.8 Å². The number of hydrogen-bond acceptors (Lipinski definition) is 3. The van der Waals surface area contributed by atoms with Crippen LogP contribution in [0.5, 0.6) is 0 Å². The summed E-state index contributed by atoms with van der Waals surface area (Å²) in [5.74, 6) is 0.128. The summed E-state index contributed by atoms with van der Waals surface area (Å²) in [6.07, 6.45) is 4.17. The number of carbonyl (C=O) groups excluding carboxylic acids is 1. The molecule has 0 saturated carbocycles. The van der Waals surface area contributed by atoms with E-state index in [0.717, 1.165) is 25.9 Å². The van der Waals surface area contributed by atoms with Crippen LogP contribution in [0.1, 0.15) is 23.8 Å². The first-order valence-corrected chi connectivity index (χ1v) is 9.40. The summed E-state index contributed by atoms with van der Waals surface area (Å²) in [5.41, 5.74) is 2.68. The molecule has 0 fully saturated rings.